The van der Waals surface area contributed by atoms with Gasteiger partial charge in [0.1, 0.15) is 5.76 Å². The van der Waals surface area contributed by atoms with Crippen LogP contribution in [-0.4, -0.2) is 67.6 Å². The van der Waals surface area contributed by atoms with E-state index < -0.39 is 0 Å². The Morgan fingerprint density at radius 2 is 1.81 bits per heavy atom. The first-order chi connectivity index (χ1) is 15.7. The molecule has 2 aromatic carbocycles. The molecule has 2 heterocycles. The quantitative estimate of drug-likeness (QED) is 0.559. The lowest BCUT2D eigenvalue weighted by atomic mass is 10.1. The largest absolute Gasteiger partial charge is 0.467 e. The fourth-order valence-electron chi connectivity index (χ4n) is 3.85. The predicted molar refractivity (Wildman–Crippen MR) is 122 cm³/mol. The number of fused-ring (bicyclic) bond motifs is 1. The zero-order valence-electron chi connectivity index (χ0n) is 18.2. The van der Waals surface area contributed by atoms with Gasteiger partial charge in [0.25, 0.3) is 5.91 Å². The highest BCUT2D eigenvalue weighted by atomic mass is 16.5. The van der Waals surface area contributed by atoms with Gasteiger partial charge in [-0.3, -0.25) is 14.5 Å². The van der Waals surface area contributed by atoms with Crippen LogP contribution in [0.4, 0.5) is 0 Å². The number of hydrogen-bond acceptors (Lipinski definition) is 5. The molecule has 0 bridgehead atoms. The van der Waals surface area contributed by atoms with Crippen molar-refractivity contribution in [3.05, 3.63) is 72.2 Å². The van der Waals surface area contributed by atoms with Crippen molar-refractivity contribution >= 4 is 22.6 Å². The van der Waals surface area contributed by atoms with E-state index in [-0.39, 0.29) is 18.2 Å². The van der Waals surface area contributed by atoms with Crippen LogP contribution in [0.5, 0.6) is 0 Å². The van der Waals surface area contributed by atoms with Crippen molar-refractivity contribution in [3.8, 4) is 0 Å². The molecule has 3 aromatic rings. The number of carbonyl (C=O) groups excluding carboxylic acids is 2. The molecule has 32 heavy (non-hydrogen) atoms. The minimum absolute atomic E-state index is 0.0611. The van der Waals surface area contributed by atoms with Gasteiger partial charge in [-0.2, -0.15) is 0 Å². The van der Waals surface area contributed by atoms with Gasteiger partial charge in [-0.1, -0.05) is 30.3 Å². The molecule has 1 aliphatic heterocycles. The highest BCUT2D eigenvalue weighted by Gasteiger charge is 2.19. The van der Waals surface area contributed by atoms with Crippen molar-refractivity contribution in [1.29, 1.82) is 0 Å². The van der Waals surface area contributed by atoms with E-state index in [2.05, 4.69) is 10.2 Å². The number of carbonyl (C=O) groups is 2. The van der Waals surface area contributed by atoms with Gasteiger partial charge in [0, 0.05) is 44.7 Å². The predicted octanol–water partition coefficient (Wildman–Crippen LogP) is 2.91. The van der Waals surface area contributed by atoms with Gasteiger partial charge in [-0.15, -0.1) is 0 Å². The summed E-state index contributed by atoms with van der Waals surface area (Å²) in [6, 6.07) is 17.3. The third-order valence-corrected chi connectivity index (χ3v) is 5.67. The zero-order valence-corrected chi connectivity index (χ0v) is 18.2. The lowest BCUT2D eigenvalue weighted by Gasteiger charge is -2.26. The molecule has 7 nitrogen and oxygen atoms in total. The minimum atomic E-state index is -0.117. The standard InChI is InChI=1S/C25H29N3O4/c29-24(26-10-12-27-13-16-31-17-14-27)9-11-28(19-23-6-3-15-32-23)25(30)22-8-7-20-4-1-2-5-21(20)18-22/h1-8,15,18H,9-14,16-17,19H2,(H,26,29). The van der Waals surface area contributed by atoms with Crippen LogP contribution in [0.3, 0.4) is 0 Å². The van der Waals surface area contributed by atoms with E-state index in [1.54, 1.807) is 17.2 Å². The summed E-state index contributed by atoms with van der Waals surface area (Å²) in [6.45, 7) is 5.31. The summed E-state index contributed by atoms with van der Waals surface area (Å²) in [7, 11) is 0. The maximum Gasteiger partial charge on any atom is 0.254 e. The van der Waals surface area contributed by atoms with E-state index >= 15 is 0 Å². The summed E-state index contributed by atoms with van der Waals surface area (Å²) in [5.74, 6) is 0.508. The Balaban J connectivity index is 1.36. The normalized spacial score (nSPS) is 14.4. The van der Waals surface area contributed by atoms with Crippen molar-refractivity contribution in [2.45, 2.75) is 13.0 Å². The first-order valence-electron chi connectivity index (χ1n) is 11.1. The van der Waals surface area contributed by atoms with E-state index in [1.807, 2.05) is 48.5 Å². The molecule has 168 valence electrons. The molecule has 0 atom stereocenters. The number of hydrogen-bond donors (Lipinski definition) is 1. The molecule has 0 unspecified atom stereocenters. The molecule has 1 aromatic heterocycles. The molecule has 0 spiro atoms. The molecule has 1 fully saturated rings. The molecule has 0 aliphatic carbocycles. The van der Waals surface area contributed by atoms with Crippen LogP contribution in [0, 0.1) is 0 Å². The van der Waals surface area contributed by atoms with E-state index in [1.165, 1.54) is 0 Å². The van der Waals surface area contributed by atoms with Gasteiger partial charge in [-0.25, -0.2) is 0 Å². The first-order valence-corrected chi connectivity index (χ1v) is 11.1. The topological polar surface area (TPSA) is 75.0 Å². The molecule has 1 aliphatic rings. The first kappa shape index (κ1) is 22.0. The van der Waals surface area contributed by atoms with Crippen LogP contribution in [0.2, 0.25) is 0 Å². The molecule has 4 rings (SSSR count). The minimum Gasteiger partial charge on any atom is -0.467 e. The van der Waals surface area contributed by atoms with Crippen molar-refractivity contribution in [2.24, 2.45) is 0 Å². The van der Waals surface area contributed by atoms with Crippen LogP contribution in [0.15, 0.2) is 65.3 Å². The van der Waals surface area contributed by atoms with E-state index in [0.29, 0.717) is 31.0 Å². The number of morpholine rings is 1. The summed E-state index contributed by atoms with van der Waals surface area (Å²) in [4.78, 5) is 29.6. The Hall–Kier alpha value is -3.16. The van der Waals surface area contributed by atoms with E-state index in [4.69, 9.17) is 9.15 Å². The Bertz CT molecular complexity index is 1030. The Kier molecular flexibility index (Phi) is 7.53. The van der Waals surface area contributed by atoms with Crippen LogP contribution >= 0.6 is 0 Å². The fraction of sp³-hybridized carbons (Fsp3) is 0.360. The van der Waals surface area contributed by atoms with Gasteiger partial charge < -0.3 is 19.4 Å². The van der Waals surface area contributed by atoms with E-state index in [9.17, 15) is 9.59 Å². The molecule has 2 amide bonds. The zero-order chi connectivity index (χ0) is 22.2. The molecule has 1 N–H and O–H groups in total. The number of rotatable bonds is 9. The average molecular weight is 436 g/mol. The van der Waals surface area contributed by atoms with Crippen molar-refractivity contribution in [1.82, 2.24) is 15.1 Å². The van der Waals surface area contributed by atoms with Crippen molar-refractivity contribution in [3.63, 3.8) is 0 Å². The van der Waals surface area contributed by atoms with Crippen molar-refractivity contribution < 1.29 is 18.7 Å². The summed E-state index contributed by atoms with van der Waals surface area (Å²) in [6.07, 6.45) is 1.83. The van der Waals surface area contributed by atoms with Gasteiger partial charge in [0.15, 0.2) is 0 Å². The maximum atomic E-state index is 13.3. The highest BCUT2D eigenvalue weighted by Crippen LogP contribution is 2.18. The second kappa shape index (κ2) is 10.9. The number of ether oxygens (including phenoxy) is 1. The van der Waals surface area contributed by atoms with Crippen molar-refractivity contribution in [2.75, 3.05) is 45.9 Å². The van der Waals surface area contributed by atoms with Crippen LogP contribution in [-0.2, 0) is 16.1 Å². The third kappa shape index (κ3) is 5.96. The van der Waals surface area contributed by atoms with Crippen LogP contribution in [0.25, 0.3) is 10.8 Å². The van der Waals surface area contributed by atoms with Gasteiger partial charge in [0.05, 0.1) is 26.0 Å². The molecule has 0 saturated carbocycles. The van der Waals surface area contributed by atoms with Gasteiger partial charge in [0.2, 0.25) is 5.91 Å². The molecular weight excluding hydrogens is 406 g/mol. The second-order valence-electron chi connectivity index (χ2n) is 7.92. The maximum absolute atomic E-state index is 13.3. The summed E-state index contributed by atoms with van der Waals surface area (Å²) < 4.78 is 10.8. The number of furan rings is 1. The molecule has 7 heteroatoms. The number of benzene rings is 2. The summed E-state index contributed by atoms with van der Waals surface area (Å²) in [5.41, 5.74) is 0.600. The lowest BCUT2D eigenvalue weighted by molar-refractivity contribution is -0.121. The summed E-state index contributed by atoms with van der Waals surface area (Å²) in [5, 5.41) is 5.06. The Labute approximate surface area is 187 Å². The smallest absolute Gasteiger partial charge is 0.254 e. The lowest BCUT2D eigenvalue weighted by Crippen LogP contribution is -2.42. The average Bonchev–Trinajstić information content (AvgIpc) is 3.35. The van der Waals surface area contributed by atoms with Crippen LogP contribution < -0.4 is 5.32 Å². The summed E-state index contributed by atoms with van der Waals surface area (Å²) >= 11 is 0. The second-order valence-corrected chi connectivity index (χ2v) is 7.92. The number of amides is 2. The molecular formula is C25H29N3O4. The number of nitrogens with zero attached hydrogens (tertiary/aromatic N) is 2. The highest BCUT2D eigenvalue weighted by molar-refractivity contribution is 5.98. The fourth-order valence-corrected chi connectivity index (χ4v) is 3.85. The van der Waals surface area contributed by atoms with Crippen LogP contribution in [0.1, 0.15) is 22.5 Å². The van der Waals surface area contributed by atoms with E-state index in [0.717, 1.165) is 43.6 Å². The monoisotopic (exact) mass is 435 g/mol. The Morgan fingerprint density at radius 3 is 2.59 bits per heavy atom. The molecule has 1 saturated heterocycles. The van der Waals surface area contributed by atoms with Gasteiger partial charge in [-0.05, 0) is 35.0 Å². The van der Waals surface area contributed by atoms with Gasteiger partial charge >= 0.3 is 0 Å². The molecule has 0 radical (unpaired) electrons. The number of nitrogens with one attached hydrogen (secondary N) is 1. The third-order valence-electron chi connectivity index (χ3n) is 5.67. The Morgan fingerprint density at radius 1 is 1.00 bits per heavy atom. The SMILES string of the molecule is O=C(CCN(Cc1ccco1)C(=O)c1ccc2ccccc2c1)NCCN1CCOCC1.